The Bertz CT molecular complexity index is 667. The minimum absolute atomic E-state index is 0.172. The molecule has 0 aliphatic carbocycles. The second-order valence-electron chi connectivity index (χ2n) is 12.7. The minimum atomic E-state index is -1.19. The van der Waals surface area contributed by atoms with Crippen molar-refractivity contribution in [2.75, 3.05) is 26.2 Å². The number of carboxylic acid groups (broad SMARTS) is 3. The van der Waals surface area contributed by atoms with Crippen LogP contribution in [0, 0.1) is 17.8 Å². The molecule has 3 unspecified atom stereocenters. The summed E-state index contributed by atoms with van der Waals surface area (Å²) in [7, 11) is 0. The Balaban J connectivity index is 4.30. The number of allylic oxidation sites excluding steroid dienone is 2. The maximum absolute atomic E-state index is 11.6. The van der Waals surface area contributed by atoms with Crippen LogP contribution >= 0.6 is 0 Å². The van der Waals surface area contributed by atoms with E-state index in [1.54, 1.807) is 20.8 Å². The van der Waals surface area contributed by atoms with E-state index in [0.29, 0.717) is 6.54 Å². The highest BCUT2D eigenvalue weighted by Crippen LogP contribution is 2.22. The predicted octanol–water partition coefficient (Wildman–Crippen LogP) is 7.23. The van der Waals surface area contributed by atoms with Gasteiger partial charge in [0.05, 0.1) is 26.2 Å². The fourth-order valence-corrected chi connectivity index (χ4v) is 5.87. The van der Waals surface area contributed by atoms with Gasteiger partial charge in [0.1, 0.15) is 11.8 Å². The second kappa shape index (κ2) is 24.7. The Morgan fingerprint density at radius 2 is 0.927 bits per heavy atom. The van der Waals surface area contributed by atoms with Gasteiger partial charge in [0.2, 0.25) is 0 Å². The number of rotatable bonds is 29. The van der Waals surface area contributed by atoms with Gasteiger partial charge in [0, 0.05) is 11.9 Å². The Morgan fingerprint density at radius 3 is 1.29 bits per heavy atom. The number of nitrogens with zero attached hydrogens (tertiary/aromatic N) is 1. The summed E-state index contributed by atoms with van der Waals surface area (Å²) in [5, 5.41) is 30.5. The first-order valence-electron chi connectivity index (χ1n) is 16.7. The summed E-state index contributed by atoms with van der Waals surface area (Å²) in [5.41, 5.74) is 0. The van der Waals surface area contributed by atoms with Gasteiger partial charge in [-0.3, -0.25) is 9.59 Å². The molecule has 0 aromatic heterocycles. The standard InChI is InChI=1S/C34H63NO6/c1-5-6-7-8-9-10-11-12-13-14-15-16-17-18-19-20-21-22-23-24-25-35(26-29(2)32(36)37,27-30(3)33(38)39)28-31(4)34(40)41/h19-20,29-31H,5-18,21-28H2,1-4H3,(H2-,36,37,38,39,40,41)/b20-19+. The molecule has 0 saturated heterocycles. The van der Waals surface area contributed by atoms with E-state index in [1.165, 1.54) is 83.5 Å². The molecule has 7 heteroatoms. The molecule has 7 nitrogen and oxygen atoms in total. The Kier molecular flexibility index (Phi) is 23.5. The van der Waals surface area contributed by atoms with E-state index < -0.39 is 35.7 Å². The van der Waals surface area contributed by atoms with E-state index in [0.717, 1.165) is 32.1 Å². The van der Waals surface area contributed by atoms with Crippen molar-refractivity contribution in [3.05, 3.63) is 12.2 Å². The van der Waals surface area contributed by atoms with E-state index in [9.17, 15) is 29.7 Å². The average molecular weight is 582 g/mol. The van der Waals surface area contributed by atoms with Crippen LogP contribution < -0.4 is 5.11 Å². The molecular formula is C34H63NO6. The highest BCUT2D eigenvalue weighted by Gasteiger charge is 2.36. The summed E-state index contributed by atoms with van der Waals surface area (Å²) in [4.78, 5) is 34.7. The first-order valence-corrected chi connectivity index (χ1v) is 16.7. The van der Waals surface area contributed by atoms with Crippen molar-refractivity contribution in [2.24, 2.45) is 17.8 Å². The Labute approximate surface area is 251 Å². The lowest BCUT2D eigenvalue weighted by Crippen LogP contribution is -2.58. The molecule has 0 aliphatic heterocycles. The van der Waals surface area contributed by atoms with Crippen LogP contribution in [0.2, 0.25) is 0 Å². The smallest absolute Gasteiger partial charge is 0.311 e. The molecule has 0 spiro atoms. The van der Waals surface area contributed by atoms with Crippen molar-refractivity contribution >= 4 is 17.9 Å². The normalized spacial score (nSPS) is 15.4. The van der Waals surface area contributed by atoms with Crippen LogP contribution in [0.3, 0.4) is 0 Å². The fourth-order valence-electron chi connectivity index (χ4n) is 5.87. The van der Waals surface area contributed by atoms with Crippen molar-refractivity contribution in [2.45, 2.75) is 143 Å². The van der Waals surface area contributed by atoms with Crippen LogP contribution in [0.5, 0.6) is 0 Å². The first kappa shape index (κ1) is 39.1. The number of carbonyl (C=O) groups excluding carboxylic acids is 1. The van der Waals surface area contributed by atoms with Crippen molar-refractivity contribution in [3.63, 3.8) is 0 Å². The maximum Gasteiger partial charge on any atom is 0.311 e. The minimum Gasteiger partial charge on any atom is -0.550 e. The van der Waals surface area contributed by atoms with Gasteiger partial charge in [-0.2, -0.15) is 0 Å². The lowest BCUT2D eigenvalue weighted by atomic mass is 10.0. The van der Waals surface area contributed by atoms with Crippen LogP contribution in [0.4, 0.5) is 0 Å². The van der Waals surface area contributed by atoms with Gasteiger partial charge in [0.25, 0.3) is 0 Å². The summed E-state index contributed by atoms with van der Waals surface area (Å²) >= 11 is 0. The predicted molar refractivity (Wildman–Crippen MR) is 165 cm³/mol. The quantitative estimate of drug-likeness (QED) is 0.0547. The molecule has 0 aliphatic rings. The molecule has 0 amide bonds. The summed E-state index contributed by atoms with van der Waals surface area (Å²) in [6.07, 6.45) is 27.1. The Morgan fingerprint density at radius 1 is 0.585 bits per heavy atom. The topological polar surface area (TPSA) is 115 Å². The molecule has 0 heterocycles. The highest BCUT2D eigenvalue weighted by molar-refractivity contribution is 5.70. The third-order valence-corrected chi connectivity index (χ3v) is 8.37. The zero-order chi connectivity index (χ0) is 30.9. The monoisotopic (exact) mass is 581 g/mol. The van der Waals surface area contributed by atoms with E-state index in [2.05, 4.69) is 19.1 Å². The molecule has 0 aromatic rings. The molecular weight excluding hydrogens is 518 g/mol. The van der Waals surface area contributed by atoms with Crippen LogP contribution in [0.1, 0.15) is 143 Å². The van der Waals surface area contributed by atoms with Crippen LogP contribution in [-0.4, -0.2) is 58.8 Å². The lowest BCUT2D eigenvalue weighted by Gasteiger charge is -2.43. The van der Waals surface area contributed by atoms with Gasteiger partial charge in [-0.15, -0.1) is 0 Å². The van der Waals surface area contributed by atoms with E-state index >= 15 is 0 Å². The molecule has 0 radical (unpaired) electrons. The SMILES string of the molecule is CCCCCCCCCCCCCCC/C=C/CCCCC[N+](CC(C)C(=O)[O-])(CC(C)C(=O)O)CC(C)C(=O)O. The van der Waals surface area contributed by atoms with Crippen molar-refractivity contribution in [3.8, 4) is 0 Å². The number of unbranched alkanes of at least 4 members (excludes halogenated alkanes) is 16. The maximum atomic E-state index is 11.6. The van der Waals surface area contributed by atoms with Crippen molar-refractivity contribution in [1.82, 2.24) is 0 Å². The molecule has 0 saturated carbocycles. The molecule has 41 heavy (non-hydrogen) atoms. The molecule has 0 bridgehead atoms. The number of carbonyl (C=O) groups is 3. The molecule has 3 atom stereocenters. The summed E-state index contributed by atoms with van der Waals surface area (Å²) < 4.78 is 0.172. The summed E-state index contributed by atoms with van der Waals surface area (Å²) in [6.45, 7) is 8.20. The third-order valence-electron chi connectivity index (χ3n) is 8.37. The zero-order valence-electron chi connectivity index (χ0n) is 26.9. The molecule has 0 fully saturated rings. The lowest BCUT2D eigenvalue weighted by molar-refractivity contribution is -0.934. The number of quaternary nitrogens is 1. The molecule has 0 rings (SSSR count). The Hall–Kier alpha value is -1.89. The second-order valence-corrected chi connectivity index (χ2v) is 12.7. The van der Waals surface area contributed by atoms with E-state index in [-0.39, 0.29) is 24.1 Å². The van der Waals surface area contributed by atoms with Gasteiger partial charge in [0.15, 0.2) is 0 Å². The molecule has 240 valence electrons. The van der Waals surface area contributed by atoms with Gasteiger partial charge in [-0.05, 0) is 52.4 Å². The van der Waals surface area contributed by atoms with Crippen molar-refractivity contribution in [1.29, 1.82) is 0 Å². The zero-order valence-corrected chi connectivity index (χ0v) is 26.9. The van der Waals surface area contributed by atoms with Gasteiger partial charge >= 0.3 is 11.9 Å². The fraction of sp³-hybridized carbons (Fsp3) is 0.853. The van der Waals surface area contributed by atoms with Gasteiger partial charge < -0.3 is 24.6 Å². The van der Waals surface area contributed by atoms with Gasteiger partial charge in [-0.1, -0.05) is 103 Å². The largest absolute Gasteiger partial charge is 0.550 e. The summed E-state index contributed by atoms with van der Waals surface area (Å²) in [6, 6.07) is 0. The number of carboxylic acids is 3. The van der Waals surface area contributed by atoms with Gasteiger partial charge in [-0.25, -0.2) is 0 Å². The third kappa shape index (κ3) is 21.5. The van der Waals surface area contributed by atoms with Crippen LogP contribution in [0.25, 0.3) is 0 Å². The average Bonchev–Trinajstić information content (AvgIpc) is 2.91. The molecule has 2 N–H and O–H groups in total. The number of hydrogen-bond donors (Lipinski definition) is 2. The first-order chi connectivity index (χ1) is 19.5. The summed E-state index contributed by atoms with van der Waals surface area (Å²) in [5.74, 6) is -5.27. The van der Waals surface area contributed by atoms with Crippen molar-refractivity contribution < 1.29 is 34.2 Å². The number of hydrogen-bond acceptors (Lipinski definition) is 4. The van der Waals surface area contributed by atoms with Crippen LogP contribution in [-0.2, 0) is 14.4 Å². The van der Waals surface area contributed by atoms with Crippen LogP contribution in [0.15, 0.2) is 12.2 Å². The number of aliphatic carboxylic acids is 3. The van der Waals surface area contributed by atoms with E-state index in [4.69, 9.17) is 0 Å². The highest BCUT2D eigenvalue weighted by atomic mass is 16.4. The van der Waals surface area contributed by atoms with E-state index in [1.807, 2.05) is 0 Å². The molecule has 0 aromatic carbocycles.